The molecule has 3 radical (unpaired) electrons. The molecule has 7 heavy (non-hydrogen) atoms. The van der Waals surface area contributed by atoms with E-state index in [0.29, 0.717) is 0 Å². The lowest BCUT2D eigenvalue weighted by molar-refractivity contribution is -0.0303. The van der Waals surface area contributed by atoms with Crippen LogP contribution in [-0.4, -0.2) is 28.8 Å². The van der Waals surface area contributed by atoms with Crippen LogP contribution in [0, 0.1) is 0 Å². The molecule has 0 rings (SSSR count). The summed E-state index contributed by atoms with van der Waals surface area (Å²) in [5, 5.41) is 10.6. The van der Waals surface area contributed by atoms with E-state index in [0.717, 1.165) is 0 Å². The fraction of sp³-hybridized carbons (Fsp3) is 1.00. The number of rotatable bonds is 2. The van der Waals surface area contributed by atoms with Crippen molar-refractivity contribution in [1.82, 2.24) is 0 Å². The molecule has 0 aromatic heterocycles. The Labute approximate surface area is 52.2 Å². The molecule has 0 fully saturated rings. The summed E-state index contributed by atoms with van der Waals surface area (Å²) in [6.45, 7) is 3.41. The normalized spacial score (nSPS) is 11.9. The lowest BCUT2D eigenvalue weighted by Gasteiger charge is -2.12. The van der Waals surface area contributed by atoms with Crippen molar-refractivity contribution in [2.75, 3.05) is 6.61 Å². The zero-order chi connectivity index (χ0) is 5.91. The highest BCUT2D eigenvalue weighted by Crippen LogP contribution is 1.99. The lowest BCUT2D eigenvalue weighted by atomic mass is 10.2. The summed E-state index contributed by atoms with van der Waals surface area (Å²) in [4.78, 5) is 0. The van der Waals surface area contributed by atoms with Gasteiger partial charge in [0.1, 0.15) is 5.60 Å². The monoisotopic (exact) mass is 115 g/mol. The quantitative estimate of drug-likeness (QED) is 0.476. The van der Waals surface area contributed by atoms with Crippen LogP contribution in [0.15, 0.2) is 0 Å². The summed E-state index contributed by atoms with van der Waals surface area (Å²) in [6, 6.07) is 0. The van der Waals surface area contributed by atoms with Crippen molar-refractivity contribution in [3.63, 3.8) is 0 Å². The zero-order valence-electron chi connectivity index (χ0n) is 4.60. The van der Waals surface area contributed by atoms with E-state index in [-0.39, 0.29) is 6.61 Å². The molecular weight excluding hydrogens is 107 g/mol. The lowest BCUT2D eigenvalue weighted by Crippen LogP contribution is -2.23. The van der Waals surface area contributed by atoms with Crippen molar-refractivity contribution in [3.05, 3.63) is 0 Å². The Hall–Kier alpha value is 0.452. The van der Waals surface area contributed by atoms with Gasteiger partial charge >= 0.3 is 16.6 Å². The van der Waals surface area contributed by atoms with Crippen LogP contribution in [0.5, 0.6) is 0 Å². The fourth-order valence-corrected chi connectivity index (χ4v) is 0.602. The number of hydrogen-bond acceptors (Lipinski definition) is 1. The predicted octanol–water partition coefficient (Wildman–Crippen LogP) is 0.296. The molecule has 0 heterocycles. The average Bonchev–Trinajstić information content (AvgIpc) is 1.30. The highest BCUT2D eigenvalue weighted by molar-refractivity contribution is 5.97. The second-order valence-electron chi connectivity index (χ2n) is 2.07. The first-order valence-corrected chi connectivity index (χ1v) is 2.55. The van der Waals surface area contributed by atoms with Gasteiger partial charge in [-0.15, -0.1) is 0 Å². The molecule has 0 N–H and O–H groups in total. The Balaban J connectivity index is 3.15. The van der Waals surface area contributed by atoms with E-state index in [1.165, 1.54) is 0 Å². The molecule has 0 aromatic rings. The largest absolute Gasteiger partial charge is 0.514 e. The molecule has 0 unspecified atom stereocenters. The van der Waals surface area contributed by atoms with Crippen molar-refractivity contribution >= 4 is 16.6 Å². The van der Waals surface area contributed by atoms with Gasteiger partial charge in [0, 0.05) is 6.61 Å². The molecule has 0 spiro atoms. The van der Waals surface area contributed by atoms with Crippen molar-refractivity contribution in [3.8, 4) is 0 Å². The Morgan fingerprint density at radius 3 is 2.14 bits per heavy atom. The van der Waals surface area contributed by atoms with Gasteiger partial charge in [0.15, 0.2) is 0 Å². The summed E-state index contributed by atoms with van der Waals surface area (Å²) in [5.74, 6) is 0. The van der Waals surface area contributed by atoms with Crippen LogP contribution < -0.4 is 0 Å². The van der Waals surface area contributed by atoms with Crippen LogP contribution >= 0.6 is 0 Å². The third-order valence-corrected chi connectivity index (χ3v) is 0.598. The maximum atomic E-state index is 10.6. The van der Waals surface area contributed by atoms with Gasteiger partial charge < -0.3 is 3.79 Å². The zero-order valence-corrected chi connectivity index (χ0v) is 5.76. The molecular formula is C4H8AlO2. The van der Waals surface area contributed by atoms with Crippen LogP contribution in [0.4, 0.5) is 0 Å². The van der Waals surface area contributed by atoms with Crippen LogP contribution in [0.25, 0.3) is 0 Å². The summed E-state index contributed by atoms with van der Waals surface area (Å²) in [5.41, 5.74) is -0.943. The highest BCUT2D eigenvalue weighted by Gasteiger charge is 2.11. The maximum Gasteiger partial charge on any atom is 0.369 e. The molecule has 2 nitrogen and oxygen atoms in total. The van der Waals surface area contributed by atoms with E-state index in [2.05, 4.69) is 3.79 Å². The third-order valence-electron chi connectivity index (χ3n) is 0.431. The first kappa shape index (κ1) is 7.45. The van der Waals surface area contributed by atoms with Gasteiger partial charge in [-0.3, -0.25) is 0 Å². The van der Waals surface area contributed by atoms with Crippen LogP contribution in [0.3, 0.4) is 0 Å². The average molecular weight is 115 g/mol. The van der Waals surface area contributed by atoms with Crippen molar-refractivity contribution in [1.29, 1.82) is 0 Å². The van der Waals surface area contributed by atoms with Crippen molar-refractivity contribution in [2.24, 2.45) is 0 Å². The van der Waals surface area contributed by atoms with Crippen LogP contribution in [-0.2, 0) is 8.90 Å². The second-order valence-corrected chi connectivity index (χ2v) is 2.40. The first-order chi connectivity index (χ1) is 3.06. The van der Waals surface area contributed by atoms with E-state index < -0.39 is 5.60 Å². The van der Waals surface area contributed by atoms with E-state index >= 15 is 0 Å². The summed E-state index contributed by atoms with van der Waals surface area (Å²) >= 11 is 2.04. The smallest absolute Gasteiger partial charge is 0.369 e. The Kier molecular flexibility index (Phi) is 2.86. The van der Waals surface area contributed by atoms with E-state index in [1.54, 1.807) is 13.8 Å². The summed E-state index contributed by atoms with van der Waals surface area (Å²) in [6.07, 6.45) is 0. The molecule has 0 amide bonds. The van der Waals surface area contributed by atoms with Crippen molar-refractivity contribution in [2.45, 2.75) is 19.4 Å². The predicted molar refractivity (Wildman–Crippen MR) is 26.5 cm³/mol. The molecule has 0 aliphatic rings. The third kappa shape index (κ3) is 6.45. The van der Waals surface area contributed by atoms with Gasteiger partial charge in [0.25, 0.3) is 0 Å². The Morgan fingerprint density at radius 2 is 2.14 bits per heavy atom. The molecule has 0 aliphatic heterocycles. The van der Waals surface area contributed by atoms with Gasteiger partial charge in [-0.25, -0.2) is 5.11 Å². The molecule has 0 aromatic carbocycles. The standard InChI is InChI=1S/C4H8O2.Al/c1-4(2,6)3-5;/h3H2,1-2H3;/q-1;+1. The molecule has 0 aliphatic carbocycles. The minimum atomic E-state index is -0.943. The Bertz CT molecular complexity index is 48.1. The summed E-state index contributed by atoms with van der Waals surface area (Å²) in [7, 11) is 0. The minimum Gasteiger partial charge on any atom is -0.514 e. The maximum absolute atomic E-state index is 10.6. The van der Waals surface area contributed by atoms with E-state index in [1.807, 2.05) is 16.6 Å². The van der Waals surface area contributed by atoms with Gasteiger partial charge in [-0.05, 0) is 13.8 Å². The van der Waals surface area contributed by atoms with E-state index in [4.69, 9.17) is 0 Å². The topological polar surface area (TPSA) is 29.1 Å². The fourth-order valence-electron chi connectivity index (χ4n) is 0.201. The minimum absolute atomic E-state index is 0.248. The molecule has 0 atom stereocenters. The molecule has 0 bridgehead atoms. The second kappa shape index (κ2) is 2.69. The summed E-state index contributed by atoms with van der Waals surface area (Å²) < 4.78 is 4.51. The SMILES string of the molecule is CC(C)([O])C[O][Al]. The van der Waals surface area contributed by atoms with Gasteiger partial charge in [0.05, 0.1) is 0 Å². The van der Waals surface area contributed by atoms with E-state index in [9.17, 15) is 5.11 Å². The highest BCUT2D eigenvalue weighted by atomic mass is 27.1. The number of hydrogen-bond donors (Lipinski definition) is 0. The molecule has 3 heteroatoms. The molecule has 39 valence electrons. The van der Waals surface area contributed by atoms with Crippen LogP contribution in [0.2, 0.25) is 0 Å². The first-order valence-electron chi connectivity index (χ1n) is 2.08. The van der Waals surface area contributed by atoms with Crippen molar-refractivity contribution < 1.29 is 8.90 Å². The molecule has 0 saturated heterocycles. The van der Waals surface area contributed by atoms with Gasteiger partial charge in [-0.2, -0.15) is 0 Å². The van der Waals surface area contributed by atoms with Gasteiger partial charge in [-0.1, -0.05) is 0 Å². The Morgan fingerprint density at radius 1 is 1.71 bits per heavy atom. The van der Waals surface area contributed by atoms with Gasteiger partial charge in [0.2, 0.25) is 0 Å². The van der Waals surface area contributed by atoms with Crippen LogP contribution in [0.1, 0.15) is 13.8 Å². The molecule has 0 saturated carbocycles.